The number of carboxylic acid groups (broad SMARTS) is 1. The Kier molecular flexibility index (Phi) is 5.90. The molecule has 100 valence electrons. The number of carboxylic acids is 1. The summed E-state index contributed by atoms with van der Waals surface area (Å²) in [7, 11) is 0. The molecule has 0 saturated heterocycles. The van der Waals surface area contributed by atoms with Crippen molar-refractivity contribution in [3.63, 3.8) is 0 Å². The summed E-state index contributed by atoms with van der Waals surface area (Å²) in [5.74, 6) is 0.164. The lowest BCUT2D eigenvalue weighted by atomic mass is 10.1. The molecular formula is C12H19N3O3. The van der Waals surface area contributed by atoms with Gasteiger partial charge in [-0.25, -0.2) is 9.97 Å². The Bertz CT molecular complexity index is 385. The topological polar surface area (TPSA) is 84.3 Å². The highest BCUT2D eigenvalue weighted by Crippen LogP contribution is 2.11. The number of ether oxygens (including phenoxy) is 1. The van der Waals surface area contributed by atoms with Crippen molar-refractivity contribution in [3.8, 4) is 5.88 Å². The number of hydrogen-bond acceptors (Lipinski definition) is 5. The Morgan fingerprint density at radius 3 is 3.00 bits per heavy atom. The average molecular weight is 253 g/mol. The van der Waals surface area contributed by atoms with Crippen molar-refractivity contribution in [2.45, 2.75) is 26.7 Å². The maximum absolute atomic E-state index is 10.6. The fourth-order valence-corrected chi connectivity index (χ4v) is 1.41. The lowest BCUT2D eigenvalue weighted by Gasteiger charge is -2.08. The van der Waals surface area contributed by atoms with Crippen LogP contribution in [0.15, 0.2) is 12.4 Å². The van der Waals surface area contributed by atoms with Gasteiger partial charge < -0.3 is 15.2 Å². The van der Waals surface area contributed by atoms with Gasteiger partial charge in [-0.1, -0.05) is 6.92 Å². The highest BCUT2D eigenvalue weighted by atomic mass is 16.5. The summed E-state index contributed by atoms with van der Waals surface area (Å²) in [5.41, 5.74) is 0. The molecule has 1 atom stereocenters. The number of aliphatic carboxylic acids is 1. The normalized spacial score (nSPS) is 11.9. The zero-order valence-electron chi connectivity index (χ0n) is 10.7. The fourth-order valence-electron chi connectivity index (χ4n) is 1.41. The second kappa shape index (κ2) is 7.47. The van der Waals surface area contributed by atoms with Crippen molar-refractivity contribution in [2.75, 3.05) is 18.5 Å². The summed E-state index contributed by atoms with van der Waals surface area (Å²) in [6.45, 7) is 4.84. The minimum atomic E-state index is -0.754. The SMILES string of the molecule is CCOc1cc(NCCCC(C)C(=O)O)ncn1. The van der Waals surface area contributed by atoms with E-state index in [1.165, 1.54) is 6.33 Å². The van der Waals surface area contributed by atoms with Crippen molar-refractivity contribution in [1.29, 1.82) is 0 Å². The molecule has 18 heavy (non-hydrogen) atoms. The van der Waals surface area contributed by atoms with Gasteiger partial charge in [-0.05, 0) is 19.8 Å². The van der Waals surface area contributed by atoms with Crippen LogP contribution in [0.5, 0.6) is 5.88 Å². The summed E-state index contributed by atoms with van der Waals surface area (Å²) < 4.78 is 5.25. The van der Waals surface area contributed by atoms with E-state index < -0.39 is 5.97 Å². The van der Waals surface area contributed by atoms with Gasteiger partial charge in [-0.15, -0.1) is 0 Å². The van der Waals surface area contributed by atoms with Crippen LogP contribution in [0, 0.1) is 5.92 Å². The Morgan fingerprint density at radius 1 is 1.56 bits per heavy atom. The molecule has 0 spiro atoms. The molecule has 0 aromatic carbocycles. The van der Waals surface area contributed by atoms with Gasteiger partial charge in [0.15, 0.2) is 0 Å². The number of nitrogens with one attached hydrogen (secondary N) is 1. The third kappa shape index (κ3) is 4.99. The summed E-state index contributed by atoms with van der Waals surface area (Å²) in [4.78, 5) is 18.6. The smallest absolute Gasteiger partial charge is 0.306 e. The number of nitrogens with zero attached hydrogens (tertiary/aromatic N) is 2. The molecule has 0 aliphatic rings. The van der Waals surface area contributed by atoms with Gasteiger partial charge in [-0.3, -0.25) is 4.79 Å². The van der Waals surface area contributed by atoms with E-state index in [0.717, 1.165) is 6.42 Å². The van der Waals surface area contributed by atoms with Gasteiger partial charge >= 0.3 is 5.97 Å². The summed E-state index contributed by atoms with van der Waals surface area (Å²) in [6, 6.07) is 1.73. The Balaban J connectivity index is 2.30. The molecule has 0 aliphatic heterocycles. The average Bonchev–Trinajstić information content (AvgIpc) is 2.35. The molecule has 0 bridgehead atoms. The minimum absolute atomic E-state index is 0.309. The van der Waals surface area contributed by atoms with Crippen LogP contribution in [0.1, 0.15) is 26.7 Å². The van der Waals surface area contributed by atoms with E-state index in [-0.39, 0.29) is 5.92 Å². The highest BCUT2D eigenvalue weighted by molar-refractivity contribution is 5.69. The summed E-state index contributed by atoms with van der Waals surface area (Å²) >= 11 is 0. The van der Waals surface area contributed by atoms with Gasteiger partial charge in [0.1, 0.15) is 12.1 Å². The first-order chi connectivity index (χ1) is 8.63. The van der Waals surface area contributed by atoms with Gasteiger partial charge in [0, 0.05) is 12.6 Å². The van der Waals surface area contributed by atoms with Crippen molar-refractivity contribution < 1.29 is 14.6 Å². The number of hydrogen-bond donors (Lipinski definition) is 2. The monoisotopic (exact) mass is 253 g/mol. The molecule has 1 rings (SSSR count). The Morgan fingerprint density at radius 2 is 2.33 bits per heavy atom. The Hall–Kier alpha value is -1.85. The van der Waals surface area contributed by atoms with E-state index >= 15 is 0 Å². The summed E-state index contributed by atoms with van der Waals surface area (Å²) in [6.07, 6.45) is 2.86. The third-order valence-corrected chi connectivity index (χ3v) is 2.48. The number of carbonyl (C=O) groups is 1. The van der Waals surface area contributed by atoms with Crippen LogP contribution in [-0.4, -0.2) is 34.2 Å². The molecule has 1 aromatic rings. The predicted octanol–water partition coefficient (Wildman–Crippen LogP) is 1.79. The first kappa shape index (κ1) is 14.2. The maximum Gasteiger partial charge on any atom is 0.306 e. The van der Waals surface area contributed by atoms with Crippen LogP contribution in [0.4, 0.5) is 5.82 Å². The molecule has 0 amide bonds. The van der Waals surface area contributed by atoms with Crippen molar-refractivity contribution in [3.05, 3.63) is 12.4 Å². The predicted molar refractivity (Wildman–Crippen MR) is 67.7 cm³/mol. The quantitative estimate of drug-likeness (QED) is 0.687. The van der Waals surface area contributed by atoms with Crippen LogP contribution < -0.4 is 10.1 Å². The van der Waals surface area contributed by atoms with Crippen molar-refractivity contribution in [2.24, 2.45) is 5.92 Å². The zero-order valence-corrected chi connectivity index (χ0v) is 10.7. The molecule has 6 heteroatoms. The third-order valence-electron chi connectivity index (χ3n) is 2.48. The lowest BCUT2D eigenvalue weighted by molar-refractivity contribution is -0.141. The molecule has 1 heterocycles. The molecule has 0 aliphatic carbocycles. The van der Waals surface area contributed by atoms with Gasteiger partial charge in [0.05, 0.1) is 12.5 Å². The number of anilines is 1. The van der Waals surface area contributed by atoms with E-state index in [2.05, 4.69) is 15.3 Å². The van der Waals surface area contributed by atoms with Crippen LogP contribution in [0.3, 0.4) is 0 Å². The number of rotatable bonds is 8. The standard InChI is InChI=1S/C12H19N3O3/c1-3-18-11-7-10(14-8-15-11)13-6-4-5-9(2)12(16)17/h7-9H,3-6H2,1-2H3,(H,16,17)(H,13,14,15). The van der Waals surface area contributed by atoms with E-state index in [9.17, 15) is 4.79 Å². The van der Waals surface area contributed by atoms with Crippen LogP contribution >= 0.6 is 0 Å². The summed E-state index contributed by atoms with van der Waals surface area (Å²) in [5, 5.41) is 11.8. The maximum atomic E-state index is 10.6. The fraction of sp³-hybridized carbons (Fsp3) is 0.583. The second-order valence-electron chi connectivity index (χ2n) is 3.98. The molecule has 2 N–H and O–H groups in total. The second-order valence-corrected chi connectivity index (χ2v) is 3.98. The van der Waals surface area contributed by atoms with Crippen molar-refractivity contribution in [1.82, 2.24) is 9.97 Å². The first-order valence-corrected chi connectivity index (χ1v) is 6.05. The van der Waals surface area contributed by atoms with Gasteiger partial charge in [-0.2, -0.15) is 0 Å². The van der Waals surface area contributed by atoms with E-state index in [0.29, 0.717) is 31.3 Å². The largest absolute Gasteiger partial charge is 0.481 e. The molecule has 1 unspecified atom stereocenters. The van der Waals surface area contributed by atoms with Crippen LogP contribution in [-0.2, 0) is 4.79 Å². The van der Waals surface area contributed by atoms with Crippen LogP contribution in [0.2, 0.25) is 0 Å². The van der Waals surface area contributed by atoms with Crippen molar-refractivity contribution >= 4 is 11.8 Å². The molecule has 6 nitrogen and oxygen atoms in total. The number of aromatic nitrogens is 2. The molecule has 0 fully saturated rings. The first-order valence-electron chi connectivity index (χ1n) is 6.05. The highest BCUT2D eigenvalue weighted by Gasteiger charge is 2.09. The van der Waals surface area contributed by atoms with Crippen LogP contribution in [0.25, 0.3) is 0 Å². The molecular weight excluding hydrogens is 234 g/mol. The zero-order chi connectivity index (χ0) is 13.4. The molecule has 0 saturated carbocycles. The minimum Gasteiger partial charge on any atom is -0.481 e. The van der Waals surface area contributed by atoms with Gasteiger partial charge in [0.2, 0.25) is 5.88 Å². The molecule has 1 aromatic heterocycles. The van der Waals surface area contributed by atoms with E-state index in [1.54, 1.807) is 13.0 Å². The Labute approximate surface area is 106 Å². The van der Waals surface area contributed by atoms with E-state index in [4.69, 9.17) is 9.84 Å². The van der Waals surface area contributed by atoms with Gasteiger partial charge in [0.25, 0.3) is 0 Å². The molecule has 0 radical (unpaired) electrons. The van der Waals surface area contributed by atoms with E-state index in [1.807, 2.05) is 6.92 Å². The lowest BCUT2D eigenvalue weighted by Crippen LogP contribution is -2.12.